The first-order valence-corrected chi connectivity index (χ1v) is 8.57. The van der Waals surface area contributed by atoms with Gasteiger partial charge in [0.25, 0.3) is 0 Å². The summed E-state index contributed by atoms with van der Waals surface area (Å²) in [6.07, 6.45) is 0.733. The number of carboxylic acid groups (broad SMARTS) is 1. The summed E-state index contributed by atoms with van der Waals surface area (Å²) in [7, 11) is 0. The summed E-state index contributed by atoms with van der Waals surface area (Å²) < 4.78 is 0. The molecule has 0 bridgehead atoms. The highest BCUT2D eigenvalue weighted by Crippen LogP contribution is 2.50. The Bertz CT molecular complexity index is 606. The van der Waals surface area contributed by atoms with E-state index in [2.05, 4.69) is 0 Å². The smallest absolute Gasteiger partial charge is 0.408 e. The number of amides is 1. The van der Waals surface area contributed by atoms with Gasteiger partial charge in [-0.1, -0.05) is 42.6 Å². The monoisotopic (exact) mass is 359 g/mol. The van der Waals surface area contributed by atoms with Gasteiger partial charge in [0, 0.05) is 5.54 Å². The number of benzene rings is 1. The highest BCUT2D eigenvalue weighted by atomic mass is 35.5. The lowest BCUT2D eigenvalue weighted by atomic mass is 9.81. The van der Waals surface area contributed by atoms with Crippen LogP contribution in [0.5, 0.6) is 0 Å². The lowest BCUT2D eigenvalue weighted by Gasteiger charge is -2.45. The van der Waals surface area contributed by atoms with Gasteiger partial charge in [0.1, 0.15) is 6.10 Å². The van der Waals surface area contributed by atoms with Gasteiger partial charge in [0.05, 0.1) is 15.6 Å². The molecule has 0 radical (unpaired) electrons. The van der Waals surface area contributed by atoms with Gasteiger partial charge in [-0.3, -0.25) is 4.90 Å². The van der Waals surface area contributed by atoms with Crippen molar-refractivity contribution in [2.24, 2.45) is 0 Å². The molecule has 4 nitrogen and oxygen atoms in total. The van der Waals surface area contributed by atoms with Gasteiger partial charge in [-0.2, -0.15) is 0 Å². The molecule has 128 valence electrons. The Morgan fingerprint density at radius 3 is 2.48 bits per heavy atom. The second-order valence-corrected chi connectivity index (χ2v) is 7.67. The fourth-order valence-corrected chi connectivity index (χ4v) is 4.16. The topological polar surface area (TPSA) is 60.8 Å². The van der Waals surface area contributed by atoms with Crippen molar-refractivity contribution in [1.29, 1.82) is 0 Å². The molecule has 1 aliphatic heterocycles. The van der Waals surface area contributed by atoms with E-state index in [1.54, 1.807) is 18.2 Å². The predicted molar refractivity (Wildman–Crippen MR) is 92.2 cm³/mol. The quantitative estimate of drug-likeness (QED) is 0.784. The molecule has 6 heteroatoms. The average Bonchev–Trinajstić information content (AvgIpc) is 2.74. The van der Waals surface area contributed by atoms with Crippen LogP contribution in [0.2, 0.25) is 10.0 Å². The van der Waals surface area contributed by atoms with E-state index in [0.29, 0.717) is 34.9 Å². The highest BCUT2D eigenvalue weighted by Gasteiger charge is 2.56. The Kier molecular flexibility index (Phi) is 5.19. The van der Waals surface area contributed by atoms with Crippen molar-refractivity contribution in [2.45, 2.75) is 63.6 Å². The van der Waals surface area contributed by atoms with Crippen LogP contribution in [0.4, 0.5) is 4.79 Å². The maximum atomic E-state index is 11.9. The second-order valence-electron chi connectivity index (χ2n) is 6.86. The molecule has 1 fully saturated rings. The summed E-state index contributed by atoms with van der Waals surface area (Å²) in [5.74, 6) is 0. The van der Waals surface area contributed by atoms with Gasteiger partial charge >= 0.3 is 6.09 Å². The van der Waals surface area contributed by atoms with Gasteiger partial charge in [-0.05, 0) is 50.8 Å². The van der Waals surface area contributed by atoms with Crippen LogP contribution in [0.3, 0.4) is 0 Å². The molecule has 0 aliphatic carbocycles. The minimum absolute atomic E-state index is 0.356. The molecule has 2 rings (SSSR count). The van der Waals surface area contributed by atoms with Crippen molar-refractivity contribution in [3.8, 4) is 0 Å². The van der Waals surface area contributed by atoms with E-state index in [1.807, 2.05) is 20.8 Å². The first kappa shape index (κ1) is 18.4. The Hall–Kier alpha value is -0.970. The zero-order valence-electron chi connectivity index (χ0n) is 13.6. The van der Waals surface area contributed by atoms with Crippen molar-refractivity contribution in [3.63, 3.8) is 0 Å². The van der Waals surface area contributed by atoms with Crippen LogP contribution >= 0.6 is 23.2 Å². The lowest BCUT2D eigenvalue weighted by molar-refractivity contribution is -0.0347. The van der Waals surface area contributed by atoms with E-state index in [9.17, 15) is 15.0 Å². The fraction of sp³-hybridized carbons (Fsp3) is 0.588. The molecule has 1 aromatic rings. The number of likely N-dealkylation sites (tertiary alicyclic amines) is 1. The Morgan fingerprint density at radius 1 is 1.30 bits per heavy atom. The van der Waals surface area contributed by atoms with Crippen LogP contribution in [-0.4, -0.2) is 32.3 Å². The maximum absolute atomic E-state index is 11.9. The molecule has 2 unspecified atom stereocenters. The number of carbonyl (C=O) groups is 1. The largest absolute Gasteiger partial charge is 0.465 e. The molecule has 2 N–H and O–H groups in total. The first-order valence-electron chi connectivity index (χ1n) is 7.82. The van der Waals surface area contributed by atoms with Crippen molar-refractivity contribution in [2.75, 3.05) is 0 Å². The zero-order chi connectivity index (χ0) is 17.4. The number of aliphatic hydroxyl groups is 1. The van der Waals surface area contributed by atoms with Crippen LogP contribution in [0, 0.1) is 0 Å². The summed E-state index contributed by atoms with van der Waals surface area (Å²) in [5.41, 5.74) is -0.767. The molecule has 1 heterocycles. The summed E-state index contributed by atoms with van der Waals surface area (Å²) in [6, 6.07) is 4.96. The summed E-state index contributed by atoms with van der Waals surface area (Å²) in [6.45, 7) is 5.80. The van der Waals surface area contributed by atoms with Gasteiger partial charge in [0.2, 0.25) is 0 Å². The molecule has 1 aromatic carbocycles. The van der Waals surface area contributed by atoms with Gasteiger partial charge in [0.15, 0.2) is 0 Å². The van der Waals surface area contributed by atoms with Crippen LogP contribution in [0.25, 0.3) is 0 Å². The number of hydrogen-bond donors (Lipinski definition) is 2. The van der Waals surface area contributed by atoms with E-state index in [-0.39, 0.29) is 0 Å². The van der Waals surface area contributed by atoms with Crippen LogP contribution in [-0.2, 0) is 0 Å². The maximum Gasteiger partial charge on any atom is 0.408 e. The summed E-state index contributed by atoms with van der Waals surface area (Å²) >= 11 is 12.0. The van der Waals surface area contributed by atoms with Crippen LogP contribution < -0.4 is 0 Å². The molecule has 0 saturated carbocycles. The van der Waals surface area contributed by atoms with Crippen LogP contribution in [0.15, 0.2) is 18.2 Å². The predicted octanol–water partition coefficient (Wildman–Crippen LogP) is 5.12. The Morgan fingerprint density at radius 2 is 1.96 bits per heavy atom. The van der Waals surface area contributed by atoms with Crippen LogP contribution in [0.1, 0.15) is 58.1 Å². The van der Waals surface area contributed by atoms with E-state index in [0.717, 1.165) is 6.42 Å². The summed E-state index contributed by atoms with van der Waals surface area (Å²) in [4.78, 5) is 13.4. The summed E-state index contributed by atoms with van der Waals surface area (Å²) in [5, 5.41) is 21.6. The molecular weight excluding hydrogens is 337 g/mol. The van der Waals surface area contributed by atoms with Crippen molar-refractivity contribution in [1.82, 2.24) is 4.90 Å². The number of nitrogens with zero attached hydrogens (tertiary/aromatic N) is 1. The number of halogens is 2. The van der Waals surface area contributed by atoms with E-state index in [1.165, 1.54) is 4.90 Å². The highest BCUT2D eigenvalue weighted by molar-refractivity contribution is 6.42. The van der Waals surface area contributed by atoms with Gasteiger partial charge in [-0.25, -0.2) is 4.79 Å². The van der Waals surface area contributed by atoms with Crippen molar-refractivity contribution in [3.05, 3.63) is 33.8 Å². The Balaban J connectivity index is 2.51. The number of rotatable bonds is 4. The second kappa shape index (κ2) is 6.50. The lowest BCUT2D eigenvalue weighted by Crippen LogP contribution is -2.57. The molecule has 1 aliphatic rings. The van der Waals surface area contributed by atoms with Gasteiger partial charge in [-0.15, -0.1) is 0 Å². The Labute approximate surface area is 147 Å². The normalized spacial score (nSPS) is 24.7. The molecule has 1 saturated heterocycles. The third kappa shape index (κ3) is 3.17. The van der Waals surface area contributed by atoms with Gasteiger partial charge < -0.3 is 10.2 Å². The first-order chi connectivity index (χ1) is 10.7. The third-order valence-corrected chi connectivity index (χ3v) is 5.60. The third-order valence-electron chi connectivity index (χ3n) is 4.86. The zero-order valence-corrected chi connectivity index (χ0v) is 15.2. The minimum Gasteiger partial charge on any atom is -0.465 e. The standard InChI is InChI=1S/C17H23Cl2NO3/c1-4-7-17(9-8-16(2,3)20(17)15(22)23)14(21)11-5-6-12(18)13(19)10-11/h5-6,10,14,21H,4,7-9H2,1-3H3,(H,22,23). The van der Waals surface area contributed by atoms with E-state index >= 15 is 0 Å². The average molecular weight is 360 g/mol. The number of aliphatic hydroxyl groups excluding tert-OH is 1. The number of hydrogen-bond acceptors (Lipinski definition) is 2. The van der Waals surface area contributed by atoms with E-state index in [4.69, 9.17) is 23.2 Å². The van der Waals surface area contributed by atoms with E-state index < -0.39 is 23.3 Å². The van der Waals surface area contributed by atoms with Crippen molar-refractivity contribution < 1.29 is 15.0 Å². The van der Waals surface area contributed by atoms with Crippen molar-refractivity contribution >= 4 is 29.3 Å². The molecule has 23 heavy (non-hydrogen) atoms. The molecule has 1 amide bonds. The molecule has 0 spiro atoms. The molecular formula is C17H23Cl2NO3. The minimum atomic E-state index is -1.000. The molecule has 2 atom stereocenters. The molecule has 0 aromatic heterocycles. The fourth-order valence-electron chi connectivity index (χ4n) is 3.86. The SMILES string of the molecule is CCCC1(C(O)c2ccc(Cl)c(Cl)c2)CCC(C)(C)N1C(=O)O.